The van der Waals surface area contributed by atoms with Crippen molar-refractivity contribution in [1.29, 1.82) is 0 Å². The molecule has 0 aliphatic carbocycles. The number of fused-ring (bicyclic) bond motifs is 1. The Labute approximate surface area is 245 Å². The molecule has 1 unspecified atom stereocenters. The molecule has 1 spiro atoms. The number of rotatable bonds is 6. The van der Waals surface area contributed by atoms with E-state index in [1.807, 2.05) is 0 Å². The molecular formula is C26H21F7N8O2P+. The van der Waals surface area contributed by atoms with E-state index in [0.717, 1.165) is 23.0 Å². The van der Waals surface area contributed by atoms with Crippen molar-refractivity contribution in [2.75, 3.05) is 22.7 Å². The first-order valence-corrected chi connectivity index (χ1v) is 14.3. The van der Waals surface area contributed by atoms with E-state index in [4.69, 9.17) is 0 Å². The lowest BCUT2D eigenvalue weighted by molar-refractivity contribution is -0.137. The summed E-state index contributed by atoms with van der Waals surface area (Å²) in [6.07, 6.45) is -3.91. The number of halogens is 7. The smallest absolute Gasteiger partial charge is 0.355 e. The number of carbonyl (C=O) groups is 1. The highest BCUT2D eigenvalue weighted by atomic mass is 31.1. The van der Waals surface area contributed by atoms with Crippen molar-refractivity contribution in [3.8, 4) is 0 Å². The van der Waals surface area contributed by atoms with Crippen molar-refractivity contribution in [1.82, 2.24) is 29.4 Å². The number of amides is 1. The van der Waals surface area contributed by atoms with Crippen molar-refractivity contribution >= 4 is 36.8 Å². The Morgan fingerprint density at radius 3 is 2.34 bits per heavy atom. The molecule has 44 heavy (non-hydrogen) atoms. The molecular weight excluding hydrogens is 620 g/mol. The quantitative estimate of drug-likeness (QED) is 0.206. The van der Waals surface area contributed by atoms with Crippen molar-refractivity contribution in [2.24, 2.45) is 0 Å². The third kappa shape index (κ3) is 5.34. The maximum Gasteiger partial charge on any atom is 0.577 e. The molecule has 1 amide bonds. The maximum atomic E-state index is 14.0. The van der Waals surface area contributed by atoms with Gasteiger partial charge in [-0.1, -0.05) is 9.34 Å². The number of hydrogen-bond acceptors (Lipinski definition) is 7. The predicted molar refractivity (Wildman–Crippen MR) is 142 cm³/mol. The fourth-order valence-electron chi connectivity index (χ4n) is 5.48. The zero-order valence-electron chi connectivity index (χ0n) is 22.4. The lowest BCUT2D eigenvalue weighted by atomic mass is 9.86. The van der Waals surface area contributed by atoms with Gasteiger partial charge in [-0.2, -0.15) is 18.3 Å². The van der Waals surface area contributed by atoms with Gasteiger partial charge in [0.05, 0.1) is 24.5 Å². The molecule has 18 heteroatoms. The molecule has 10 nitrogen and oxygen atoms in total. The van der Waals surface area contributed by atoms with Crippen molar-refractivity contribution < 1.29 is 40.1 Å². The Hall–Kier alpha value is -4.24. The summed E-state index contributed by atoms with van der Waals surface area (Å²) in [6.45, 7) is -0.836. The number of piperidine rings is 1. The van der Waals surface area contributed by atoms with Crippen molar-refractivity contribution in [3.63, 3.8) is 0 Å². The number of carbonyl (C=O) groups excluding carboxylic acids is 1. The molecule has 0 saturated carbocycles. The molecule has 0 N–H and O–H groups in total. The summed E-state index contributed by atoms with van der Waals surface area (Å²) in [7, 11) is -2.91. The van der Waals surface area contributed by atoms with Crippen LogP contribution in [0.3, 0.4) is 0 Å². The van der Waals surface area contributed by atoms with Crippen molar-refractivity contribution in [2.45, 2.75) is 44.1 Å². The van der Waals surface area contributed by atoms with Crippen LogP contribution < -0.4 is 9.57 Å². The van der Waals surface area contributed by atoms with Gasteiger partial charge in [0.15, 0.2) is 17.0 Å². The minimum atomic E-state index is -4.76. The van der Waals surface area contributed by atoms with Crippen LogP contribution in [-0.4, -0.2) is 60.4 Å². The Morgan fingerprint density at radius 1 is 0.977 bits per heavy atom. The number of hydrogen-bond donors (Lipinski definition) is 0. The van der Waals surface area contributed by atoms with Crippen LogP contribution >= 0.6 is 8.10 Å². The number of nitrogens with zero attached hydrogens (tertiary/aromatic N) is 8. The molecule has 4 aromatic rings. The Morgan fingerprint density at radius 2 is 1.68 bits per heavy atom. The fourth-order valence-corrected chi connectivity index (χ4v) is 7.22. The lowest BCUT2D eigenvalue weighted by Crippen LogP contribution is -2.55. The van der Waals surface area contributed by atoms with E-state index in [2.05, 4.69) is 20.1 Å². The second-order valence-electron chi connectivity index (χ2n) is 10.3. The van der Waals surface area contributed by atoms with Crippen LogP contribution in [0.15, 0.2) is 48.9 Å². The number of alkyl halides is 5. The summed E-state index contributed by atoms with van der Waals surface area (Å²) >= 11 is 0. The zero-order valence-corrected chi connectivity index (χ0v) is 23.3. The molecule has 2 aliphatic rings. The van der Waals surface area contributed by atoms with Gasteiger partial charge < -0.3 is 4.90 Å². The number of anilines is 2. The van der Waals surface area contributed by atoms with Gasteiger partial charge in [0, 0.05) is 25.4 Å². The topological polar surface area (TPSA) is 100 Å². The molecule has 3 aromatic heterocycles. The SMILES string of the molecule is O=C1N(c2cc(C(F)(F)F)ccn2)[P+](=O)N(Cc2cc(F)cc(F)c2)C12CCN(c1cnc3cnn(CC(F)F)c3n1)CC2. The zero-order chi connectivity index (χ0) is 31.4. The molecule has 5 heterocycles. The summed E-state index contributed by atoms with van der Waals surface area (Å²) in [6, 6.07) is 4.00. The molecule has 6 rings (SSSR count). The first-order chi connectivity index (χ1) is 20.9. The van der Waals surface area contributed by atoms with Gasteiger partial charge in [-0.3, -0.25) is 4.79 Å². The minimum absolute atomic E-state index is 0.0177. The van der Waals surface area contributed by atoms with Crippen molar-refractivity contribution in [3.05, 3.63) is 71.7 Å². The van der Waals surface area contributed by atoms with Gasteiger partial charge >= 0.3 is 14.3 Å². The van der Waals surface area contributed by atoms with E-state index < -0.39 is 61.7 Å². The second-order valence-corrected chi connectivity index (χ2v) is 11.7. The molecule has 1 atom stereocenters. The van der Waals surface area contributed by atoms with Crippen LogP contribution in [0.2, 0.25) is 0 Å². The minimum Gasteiger partial charge on any atom is -0.355 e. The van der Waals surface area contributed by atoms with Gasteiger partial charge in [0.25, 0.3) is 12.3 Å². The van der Waals surface area contributed by atoms with Crippen LogP contribution in [0.5, 0.6) is 0 Å². The number of benzene rings is 1. The largest absolute Gasteiger partial charge is 0.577 e. The average molecular weight is 641 g/mol. The summed E-state index contributed by atoms with van der Waals surface area (Å²) in [4.78, 5) is 28.3. The highest BCUT2D eigenvalue weighted by molar-refractivity contribution is 7.46. The summed E-state index contributed by atoms with van der Waals surface area (Å²) in [5.74, 6) is -2.77. The van der Waals surface area contributed by atoms with Gasteiger partial charge in [0.1, 0.15) is 29.5 Å². The highest BCUT2D eigenvalue weighted by Gasteiger charge is 2.68. The molecule has 0 bridgehead atoms. The Bertz CT molecular complexity index is 1740. The number of aromatic nitrogens is 5. The predicted octanol–water partition coefficient (Wildman–Crippen LogP) is 5.33. The molecule has 2 aliphatic heterocycles. The Kier molecular flexibility index (Phi) is 7.48. The summed E-state index contributed by atoms with van der Waals surface area (Å²) in [5.41, 5.74) is -2.17. The monoisotopic (exact) mass is 641 g/mol. The van der Waals surface area contributed by atoms with E-state index in [1.165, 1.54) is 17.1 Å². The van der Waals surface area contributed by atoms with Crippen LogP contribution in [0.1, 0.15) is 24.0 Å². The highest BCUT2D eigenvalue weighted by Crippen LogP contribution is 2.54. The molecule has 0 radical (unpaired) electrons. The molecule has 1 aromatic carbocycles. The lowest BCUT2D eigenvalue weighted by Gasteiger charge is -2.38. The third-order valence-electron chi connectivity index (χ3n) is 7.56. The van der Waals surface area contributed by atoms with Gasteiger partial charge in [0.2, 0.25) is 0 Å². The van der Waals surface area contributed by atoms with Crippen LogP contribution in [-0.2, 0) is 28.6 Å². The normalized spacial score (nSPS) is 18.4. The van der Waals surface area contributed by atoms with E-state index in [-0.39, 0.29) is 43.7 Å². The average Bonchev–Trinajstić information content (AvgIpc) is 3.44. The fraction of sp³-hybridized carbons (Fsp3) is 0.346. The van der Waals surface area contributed by atoms with E-state index >= 15 is 0 Å². The van der Waals surface area contributed by atoms with Gasteiger partial charge in [-0.05, 0) is 47.2 Å². The first-order valence-electron chi connectivity index (χ1n) is 13.1. The van der Waals surface area contributed by atoms with E-state index in [0.29, 0.717) is 34.2 Å². The Balaban J connectivity index is 1.34. The van der Waals surface area contributed by atoms with E-state index in [1.54, 1.807) is 4.90 Å². The van der Waals surface area contributed by atoms with Crippen LogP contribution in [0.4, 0.5) is 42.4 Å². The maximum absolute atomic E-state index is 14.0. The molecule has 230 valence electrons. The summed E-state index contributed by atoms with van der Waals surface area (Å²) < 4.78 is 111. The third-order valence-corrected chi connectivity index (χ3v) is 9.23. The summed E-state index contributed by atoms with van der Waals surface area (Å²) in [5, 5.41) is 3.89. The van der Waals surface area contributed by atoms with Crippen LogP contribution in [0.25, 0.3) is 11.2 Å². The molecule has 2 saturated heterocycles. The van der Waals surface area contributed by atoms with Gasteiger partial charge in [-0.25, -0.2) is 37.2 Å². The standard InChI is InChI=1S/C26H21F7N8O2P/c27-17-7-15(8-18(28)10-17)13-40-25(24(42)41(44(40)43)21-9-16(1-4-34-21)26(31,32)33)2-5-38(6-3-25)22-12-35-19-11-36-39(14-20(29)30)23(19)37-22/h1,4,7-12,20H,2-3,5-6,13-14H2/q+1. The number of pyridine rings is 1. The molecule has 2 fully saturated rings. The van der Waals surface area contributed by atoms with Crippen LogP contribution in [0, 0.1) is 11.6 Å². The second kappa shape index (κ2) is 11.0. The first kappa shape index (κ1) is 29.8. The van der Waals surface area contributed by atoms with Gasteiger partial charge in [-0.15, -0.1) is 0 Å². The van der Waals surface area contributed by atoms with E-state index in [9.17, 15) is 40.1 Å².